The molecule has 0 saturated heterocycles. The standard InChI is InChI=1S/C18H15ClFN3O2/c1-2-12(10-3-4-13(19)14(20)7-10)16-17(23-9-22-16)15-8-11(18(24)25)5-6-21-15/h3-9,12H,2H2,1H3,(H,22,23)(H,24,25). The number of hydrogen-bond donors (Lipinski definition) is 2. The van der Waals surface area contributed by atoms with E-state index < -0.39 is 11.8 Å². The molecule has 2 aromatic heterocycles. The lowest BCUT2D eigenvalue weighted by molar-refractivity contribution is 0.0697. The fraction of sp³-hybridized carbons (Fsp3) is 0.167. The Bertz CT molecular complexity index is 926. The number of imidazole rings is 1. The van der Waals surface area contributed by atoms with Gasteiger partial charge in [-0.1, -0.05) is 24.6 Å². The number of aromatic nitrogens is 3. The number of carboxylic acids is 1. The number of halogens is 2. The van der Waals surface area contributed by atoms with Gasteiger partial charge in [-0.15, -0.1) is 0 Å². The number of hydrogen-bond acceptors (Lipinski definition) is 3. The molecule has 1 unspecified atom stereocenters. The van der Waals surface area contributed by atoms with Crippen molar-refractivity contribution in [3.63, 3.8) is 0 Å². The van der Waals surface area contributed by atoms with E-state index in [-0.39, 0.29) is 16.5 Å². The van der Waals surface area contributed by atoms with Crippen molar-refractivity contribution in [2.75, 3.05) is 0 Å². The first-order chi connectivity index (χ1) is 12.0. The Morgan fingerprint density at radius 3 is 2.80 bits per heavy atom. The van der Waals surface area contributed by atoms with Gasteiger partial charge in [0.25, 0.3) is 0 Å². The molecule has 0 fully saturated rings. The van der Waals surface area contributed by atoms with Crippen LogP contribution in [0.2, 0.25) is 5.02 Å². The highest BCUT2D eigenvalue weighted by Crippen LogP contribution is 2.33. The Kier molecular flexibility index (Phi) is 4.81. The Morgan fingerprint density at radius 1 is 1.32 bits per heavy atom. The smallest absolute Gasteiger partial charge is 0.335 e. The molecule has 1 atom stereocenters. The summed E-state index contributed by atoms with van der Waals surface area (Å²) in [7, 11) is 0. The lowest BCUT2D eigenvalue weighted by Crippen LogP contribution is -2.04. The predicted molar refractivity (Wildman–Crippen MR) is 92.3 cm³/mol. The van der Waals surface area contributed by atoms with Gasteiger partial charge in [-0.05, 0) is 36.2 Å². The number of carboxylic acid groups (broad SMARTS) is 1. The number of carbonyl (C=O) groups is 1. The quantitative estimate of drug-likeness (QED) is 0.702. The molecule has 2 heterocycles. The van der Waals surface area contributed by atoms with Crippen LogP contribution in [-0.4, -0.2) is 26.0 Å². The maximum atomic E-state index is 13.8. The number of benzene rings is 1. The van der Waals surface area contributed by atoms with E-state index in [1.54, 1.807) is 6.07 Å². The molecule has 0 aliphatic heterocycles. The average molecular weight is 360 g/mol. The van der Waals surface area contributed by atoms with Crippen molar-refractivity contribution in [2.24, 2.45) is 0 Å². The van der Waals surface area contributed by atoms with Crippen LogP contribution in [0.1, 0.15) is 40.9 Å². The van der Waals surface area contributed by atoms with E-state index >= 15 is 0 Å². The normalized spacial score (nSPS) is 12.1. The van der Waals surface area contributed by atoms with Crippen LogP contribution >= 0.6 is 11.6 Å². The summed E-state index contributed by atoms with van der Waals surface area (Å²) in [6.45, 7) is 1.98. The van der Waals surface area contributed by atoms with Gasteiger partial charge in [0.05, 0.1) is 28.3 Å². The zero-order valence-electron chi connectivity index (χ0n) is 13.3. The van der Waals surface area contributed by atoms with Crippen LogP contribution in [0.5, 0.6) is 0 Å². The first-order valence-electron chi connectivity index (χ1n) is 7.69. The molecule has 1 aromatic carbocycles. The minimum Gasteiger partial charge on any atom is -0.478 e. The summed E-state index contributed by atoms with van der Waals surface area (Å²) in [6.07, 6.45) is 3.64. The van der Waals surface area contributed by atoms with Crippen molar-refractivity contribution in [3.05, 3.63) is 70.5 Å². The summed E-state index contributed by atoms with van der Waals surface area (Å²) in [6, 6.07) is 7.59. The van der Waals surface area contributed by atoms with E-state index in [4.69, 9.17) is 16.7 Å². The third kappa shape index (κ3) is 3.39. The Hall–Kier alpha value is -2.73. The van der Waals surface area contributed by atoms with Crippen molar-refractivity contribution >= 4 is 17.6 Å². The van der Waals surface area contributed by atoms with Gasteiger partial charge in [0.1, 0.15) is 11.5 Å². The molecule has 0 radical (unpaired) electrons. The Morgan fingerprint density at radius 2 is 2.12 bits per heavy atom. The van der Waals surface area contributed by atoms with E-state index in [0.29, 0.717) is 17.8 Å². The second kappa shape index (κ2) is 7.03. The number of aromatic amines is 1. The minimum atomic E-state index is -1.03. The van der Waals surface area contributed by atoms with Crippen LogP contribution in [0.4, 0.5) is 4.39 Å². The van der Waals surface area contributed by atoms with Crippen molar-refractivity contribution in [1.29, 1.82) is 0 Å². The molecule has 5 nitrogen and oxygen atoms in total. The number of nitrogens with zero attached hydrogens (tertiary/aromatic N) is 2. The van der Waals surface area contributed by atoms with Crippen LogP contribution < -0.4 is 0 Å². The molecule has 0 amide bonds. The third-order valence-corrected chi connectivity index (χ3v) is 4.33. The van der Waals surface area contributed by atoms with Gasteiger partial charge in [0.2, 0.25) is 0 Å². The summed E-state index contributed by atoms with van der Waals surface area (Å²) in [5.41, 5.74) is 2.63. The number of H-pyrrole nitrogens is 1. The van der Waals surface area contributed by atoms with Gasteiger partial charge in [0.15, 0.2) is 0 Å². The van der Waals surface area contributed by atoms with Crippen LogP contribution in [-0.2, 0) is 0 Å². The lowest BCUT2D eigenvalue weighted by Gasteiger charge is -2.16. The maximum Gasteiger partial charge on any atom is 0.335 e. The molecule has 0 spiro atoms. The Balaban J connectivity index is 2.06. The number of pyridine rings is 1. The Labute approximate surface area is 148 Å². The number of aromatic carboxylic acids is 1. The summed E-state index contributed by atoms with van der Waals surface area (Å²) in [4.78, 5) is 22.8. The highest BCUT2D eigenvalue weighted by molar-refractivity contribution is 6.30. The van der Waals surface area contributed by atoms with E-state index in [9.17, 15) is 9.18 Å². The van der Waals surface area contributed by atoms with E-state index in [1.807, 2.05) is 6.92 Å². The first-order valence-corrected chi connectivity index (χ1v) is 8.07. The monoisotopic (exact) mass is 359 g/mol. The van der Waals surface area contributed by atoms with Gasteiger partial charge in [-0.3, -0.25) is 4.98 Å². The van der Waals surface area contributed by atoms with Crippen molar-refractivity contribution in [3.8, 4) is 11.4 Å². The topological polar surface area (TPSA) is 78.9 Å². The molecular formula is C18H15ClFN3O2. The van der Waals surface area contributed by atoms with Gasteiger partial charge in [0, 0.05) is 12.1 Å². The average Bonchev–Trinajstić information content (AvgIpc) is 3.08. The zero-order valence-corrected chi connectivity index (χ0v) is 14.1. The van der Waals surface area contributed by atoms with E-state index in [1.165, 1.54) is 36.8 Å². The molecule has 0 aliphatic rings. The largest absolute Gasteiger partial charge is 0.478 e. The fourth-order valence-electron chi connectivity index (χ4n) is 2.80. The summed E-state index contributed by atoms with van der Waals surface area (Å²) >= 11 is 5.77. The molecule has 0 aliphatic carbocycles. The van der Waals surface area contributed by atoms with Crippen LogP contribution in [0.3, 0.4) is 0 Å². The van der Waals surface area contributed by atoms with E-state index in [0.717, 1.165) is 11.3 Å². The van der Waals surface area contributed by atoms with Gasteiger partial charge in [-0.25, -0.2) is 14.2 Å². The summed E-state index contributed by atoms with van der Waals surface area (Å²) < 4.78 is 13.8. The minimum absolute atomic E-state index is 0.0688. The highest BCUT2D eigenvalue weighted by atomic mass is 35.5. The first kappa shape index (κ1) is 17.1. The number of nitrogens with one attached hydrogen (secondary N) is 1. The molecule has 0 saturated carbocycles. The molecule has 128 valence electrons. The lowest BCUT2D eigenvalue weighted by atomic mass is 9.91. The zero-order chi connectivity index (χ0) is 18.0. The van der Waals surface area contributed by atoms with E-state index in [2.05, 4.69) is 15.0 Å². The van der Waals surface area contributed by atoms with Crippen molar-refractivity contribution < 1.29 is 14.3 Å². The maximum absolute atomic E-state index is 13.8. The van der Waals surface area contributed by atoms with Gasteiger partial charge >= 0.3 is 5.97 Å². The summed E-state index contributed by atoms with van der Waals surface area (Å²) in [5, 5.41) is 9.22. The van der Waals surface area contributed by atoms with Crippen LogP contribution in [0.25, 0.3) is 11.4 Å². The fourth-order valence-corrected chi connectivity index (χ4v) is 2.92. The second-order valence-electron chi connectivity index (χ2n) is 5.53. The van der Waals surface area contributed by atoms with Gasteiger partial charge < -0.3 is 10.1 Å². The molecule has 2 N–H and O–H groups in total. The van der Waals surface area contributed by atoms with Crippen LogP contribution in [0.15, 0.2) is 42.9 Å². The summed E-state index contributed by atoms with van der Waals surface area (Å²) in [5.74, 6) is -1.67. The van der Waals surface area contributed by atoms with Gasteiger partial charge in [-0.2, -0.15) is 0 Å². The molecule has 0 bridgehead atoms. The van der Waals surface area contributed by atoms with Crippen molar-refractivity contribution in [2.45, 2.75) is 19.3 Å². The second-order valence-corrected chi connectivity index (χ2v) is 5.94. The van der Waals surface area contributed by atoms with Crippen molar-refractivity contribution in [1.82, 2.24) is 15.0 Å². The molecular weight excluding hydrogens is 345 g/mol. The molecule has 25 heavy (non-hydrogen) atoms. The predicted octanol–water partition coefficient (Wildman–Crippen LogP) is 4.50. The molecule has 3 aromatic rings. The molecule has 7 heteroatoms. The highest BCUT2D eigenvalue weighted by Gasteiger charge is 2.21. The number of rotatable bonds is 5. The SMILES string of the molecule is CCC(c1ccc(Cl)c(F)c1)c1[nH]cnc1-c1cc(C(=O)O)ccn1. The molecule has 3 rings (SSSR count). The van der Waals surface area contributed by atoms with Crippen LogP contribution in [0, 0.1) is 5.82 Å². The third-order valence-electron chi connectivity index (χ3n) is 4.02.